The third-order valence-electron chi connectivity index (χ3n) is 4.48. The highest BCUT2D eigenvalue weighted by Gasteiger charge is 2.77. The molecular formula is C14H21NO5. The Morgan fingerprint density at radius 3 is 2.40 bits per heavy atom. The predicted octanol–water partition coefficient (Wildman–Crippen LogP) is 2.18. The van der Waals surface area contributed by atoms with Gasteiger partial charge in [-0.25, -0.2) is 0 Å². The summed E-state index contributed by atoms with van der Waals surface area (Å²) in [4.78, 5) is 34.6. The van der Waals surface area contributed by atoms with Gasteiger partial charge in [-0.2, -0.15) is 0 Å². The maximum atomic E-state index is 12.3. The minimum Gasteiger partial charge on any atom is -0.392 e. The highest BCUT2D eigenvalue weighted by Crippen LogP contribution is 2.60. The molecule has 6 nitrogen and oxygen atoms in total. The molecule has 0 aromatic carbocycles. The van der Waals surface area contributed by atoms with Gasteiger partial charge in [-0.15, -0.1) is 0 Å². The van der Waals surface area contributed by atoms with Crippen LogP contribution >= 0.6 is 0 Å². The summed E-state index contributed by atoms with van der Waals surface area (Å²) in [6, 6.07) is -0.908. The fraction of sp³-hybridized carbons (Fsp3) is 0.857. The summed E-state index contributed by atoms with van der Waals surface area (Å²) >= 11 is 0. The fourth-order valence-electron chi connectivity index (χ4n) is 3.16. The lowest BCUT2D eigenvalue weighted by Gasteiger charge is -2.12. The molecule has 0 N–H and O–H groups in total. The highest BCUT2D eigenvalue weighted by atomic mass is 16.6. The number of nitrogens with zero attached hydrogens (tertiary/aromatic N) is 1. The third kappa shape index (κ3) is 2.43. The van der Waals surface area contributed by atoms with Crippen LogP contribution < -0.4 is 0 Å². The van der Waals surface area contributed by atoms with Crippen molar-refractivity contribution in [3.8, 4) is 0 Å². The quantitative estimate of drug-likeness (QED) is 0.323. The van der Waals surface area contributed by atoms with Gasteiger partial charge < -0.3 is 4.74 Å². The Labute approximate surface area is 118 Å². The molecule has 3 unspecified atom stereocenters. The molecule has 2 rings (SSSR count). The van der Waals surface area contributed by atoms with E-state index in [1.807, 2.05) is 13.8 Å². The molecule has 0 amide bonds. The zero-order valence-corrected chi connectivity index (χ0v) is 12.1. The molecule has 2 fully saturated rings. The first-order valence-electron chi connectivity index (χ1n) is 7.24. The van der Waals surface area contributed by atoms with Gasteiger partial charge in [0, 0.05) is 4.92 Å². The van der Waals surface area contributed by atoms with Crippen molar-refractivity contribution in [1.82, 2.24) is 0 Å². The molecule has 0 aliphatic heterocycles. The van der Waals surface area contributed by atoms with Crippen molar-refractivity contribution >= 4 is 11.9 Å². The monoisotopic (exact) mass is 283 g/mol. The Kier molecular flexibility index (Phi) is 3.84. The van der Waals surface area contributed by atoms with Crippen molar-refractivity contribution in [2.24, 2.45) is 23.2 Å². The average Bonchev–Trinajstić information content (AvgIpc) is 3.22. The molecule has 2 aliphatic carbocycles. The summed E-state index contributed by atoms with van der Waals surface area (Å²) in [6.07, 6.45) is 2.44. The molecule has 0 saturated heterocycles. The summed E-state index contributed by atoms with van der Waals surface area (Å²) in [7, 11) is 0. The number of rotatable bonds is 6. The Morgan fingerprint density at radius 2 is 2.00 bits per heavy atom. The van der Waals surface area contributed by atoms with Crippen LogP contribution in [0.15, 0.2) is 0 Å². The second kappa shape index (κ2) is 5.14. The zero-order chi connectivity index (χ0) is 15.1. The van der Waals surface area contributed by atoms with E-state index in [4.69, 9.17) is 4.74 Å². The van der Waals surface area contributed by atoms with E-state index >= 15 is 0 Å². The zero-order valence-electron chi connectivity index (χ0n) is 12.1. The smallest absolute Gasteiger partial charge is 0.327 e. The first kappa shape index (κ1) is 14.9. The maximum absolute atomic E-state index is 12.3. The molecule has 112 valence electrons. The molecule has 0 heterocycles. The van der Waals surface area contributed by atoms with Gasteiger partial charge in [0.1, 0.15) is 5.41 Å². The first-order chi connectivity index (χ1) is 9.34. The Hall–Kier alpha value is -1.46. The van der Waals surface area contributed by atoms with Crippen molar-refractivity contribution in [3.05, 3.63) is 10.1 Å². The Balaban J connectivity index is 2.12. The van der Waals surface area contributed by atoms with E-state index in [0.717, 1.165) is 12.8 Å². The van der Waals surface area contributed by atoms with E-state index in [-0.39, 0.29) is 22.7 Å². The van der Waals surface area contributed by atoms with E-state index < -0.39 is 23.4 Å². The molecule has 6 heteroatoms. The summed E-state index contributed by atoms with van der Waals surface area (Å²) in [5, 5.41) is 11.2. The minimum atomic E-state index is -1.10. The van der Waals surface area contributed by atoms with E-state index in [0.29, 0.717) is 12.8 Å². The summed E-state index contributed by atoms with van der Waals surface area (Å²) in [5.41, 5.74) is -1.10. The number of nitro groups is 1. The molecule has 2 saturated carbocycles. The van der Waals surface area contributed by atoms with Crippen LogP contribution in [0, 0.1) is 33.3 Å². The highest BCUT2D eigenvalue weighted by molar-refractivity contribution is 5.93. The van der Waals surface area contributed by atoms with Gasteiger partial charge in [0.25, 0.3) is 0 Å². The number of ether oxygens (including phenoxy) is 1. The molecule has 0 bridgehead atoms. The molecule has 0 aromatic rings. The third-order valence-corrected chi connectivity index (χ3v) is 4.48. The van der Waals surface area contributed by atoms with Crippen LogP contribution in [0.3, 0.4) is 0 Å². The predicted molar refractivity (Wildman–Crippen MR) is 70.3 cm³/mol. The van der Waals surface area contributed by atoms with Crippen LogP contribution in [0.5, 0.6) is 0 Å². The van der Waals surface area contributed by atoms with Crippen molar-refractivity contribution in [2.45, 2.75) is 52.5 Å². The van der Waals surface area contributed by atoms with Gasteiger partial charge in [-0.1, -0.05) is 20.8 Å². The van der Waals surface area contributed by atoms with E-state index in [2.05, 4.69) is 0 Å². The van der Waals surface area contributed by atoms with Gasteiger partial charge in [0.2, 0.25) is 6.04 Å². The van der Waals surface area contributed by atoms with Crippen LogP contribution in [-0.2, 0) is 14.3 Å². The Bertz CT molecular complexity index is 443. The first-order valence-corrected chi connectivity index (χ1v) is 7.24. The van der Waals surface area contributed by atoms with Crippen LogP contribution in [0.2, 0.25) is 0 Å². The maximum Gasteiger partial charge on any atom is 0.327 e. The van der Waals surface area contributed by atoms with Crippen LogP contribution in [0.1, 0.15) is 46.5 Å². The number of esters is 2. The molecule has 3 atom stereocenters. The Morgan fingerprint density at radius 1 is 1.40 bits per heavy atom. The second-order valence-electron chi connectivity index (χ2n) is 6.34. The van der Waals surface area contributed by atoms with Crippen LogP contribution in [0.4, 0.5) is 0 Å². The summed E-state index contributed by atoms with van der Waals surface area (Å²) in [6.45, 7) is 5.69. The van der Waals surface area contributed by atoms with Crippen molar-refractivity contribution in [3.63, 3.8) is 0 Å². The van der Waals surface area contributed by atoms with E-state index in [1.165, 1.54) is 0 Å². The number of hydrogen-bond acceptors (Lipinski definition) is 5. The van der Waals surface area contributed by atoms with Crippen LogP contribution in [0.25, 0.3) is 0 Å². The van der Waals surface area contributed by atoms with Crippen molar-refractivity contribution < 1.29 is 19.2 Å². The van der Waals surface area contributed by atoms with Gasteiger partial charge in [-0.3, -0.25) is 19.7 Å². The second-order valence-corrected chi connectivity index (χ2v) is 6.34. The molecule has 2 aliphatic rings. The average molecular weight is 283 g/mol. The number of carbonyl (C=O) groups is 2. The molecular weight excluding hydrogens is 262 g/mol. The molecule has 0 radical (unpaired) electrons. The van der Waals surface area contributed by atoms with E-state index in [1.54, 1.807) is 6.92 Å². The normalized spacial score (nSPS) is 32.0. The van der Waals surface area contributed by atoms with Gasteiger partial charge >= 0.3 is 11.9 Å². The number of hydrogen-bond donors (Lipinski definition) is 0. The summed E-state index contributed by atoms with van der Waals surface area (Å²) < 4.78 is 4.90. The molecule has 0 spiro atoms. The standard InChI is InChI=1S/C14H21NO5/c1-4-14(13(17)20-12(16)9-5-6-9)10(7-8(2)3)11(14)15(18)19/h8-11H,4-7H2,1-3H3. The topological polar surface area (TPSA) is 86.5 Å². The lowest BCUT2D eigenvalue weighted by Crippen LogP contribution is -2.28. The molecule has 0 aromatic heterocycles. The largest absolute Gasteiger partial charge is 0.392 e. The molecule has 20 heavy (non-hydrogen) atoms. The fourth-order valence-corrected chi connectivity index (χ4v) is 3.16. The van der Waals surface area contributed by atoms with Gasteiger partial charge in [-0.05, 0) is 31.6 Å². The van der Waals surface area contributed by atoms with Gasteiger partial charge in [0.05, 0.1) is 11.8 Å². The van der Waals surface area contributed by atoms with Gasteiger partial charge in [0.15, 0.2) is 0 Å². The summed E-state index contributed by atoms with van der Waals surface area (Å²) in [5.74, 6) is -1.43. The van der Waals surface area contributed by atoms with E-state index in [9.17, 15) is 19.7 Å². The van der Waals surface area contributed by atoms with Crippen LogP contribution in [-0.4, -0.2) is 22.9 Å². The SMILES string of the molecule is CCC1(C(=O)OC(=O)C2CC2)C(CC(C)C)C1[N+](=O)[O-]. The van der Waals surface area contributed by atoms with Crippen molar-refractivity contribution in [1.29, 1.82) is 0 Å². The minimum absolute atomic E-state index is 0.177. The van der Waals surface area contributed by atoms with Crippen molar-refractivity contribution in [2.75, 3.05) is 0 Å². The lowest BCUT2D eigenvalue weighted by molar-refractivity contribution is -0.504. The number of carbonyl (C=O) groups excluding carboxylic acids is 2. The lowest BCUT2D eigenvalue weighted by atomic mass is 9.95.